The Hall–Kier alpha value is -0.747. The Labute approximate surface area is 208 Å². The number of fused-ring (bicyclic) bond motifs is 3. The van der Waals surface area contributed by atoms with E-state index in [1.54, 1.807) is 14.4 Å². The van der Waals surface area contributed by atoms with Crippen molar-refractivity contribution in [1.29, 1.82) is 0 Å². The first-order chi connectivity index (χ1) is 14.0. The molecule has 0 saturated heterocycles. The largest absolute Gasteiger partial charge is 1.00 e. The molecule has 1 saturated carbocycles. The molecule has 0 spiro atoms. The van der Waals surface area contributed by atoms with Crippen molar-refractivity contribution in [3.8, 4) is 11.1 Å². The molecule has 0 bridgehead atoms. The number of halogens is 2. The van der Waals surface area contributed by atoms with Gasteiger partial charge in [-0.3, -0.25) is 0 Å². The summed E-state index contributed by atoms with van der Waals surface area (Å²) in [5, 5.41) is 0. The minimum Gasteiger partial charge on any atom is -1.00 e. The van der Waals surface area contributed by atoms with Crippen LogP contribution in [0.4, 0.5) is 0 Å². The molecule has 5 rings (SSSR count). The van der Waals surface area contributed by atoms with Gasteiger partial charge in [0.25, 0.3) is 0 Å². The van der Waals surface area contributed by atoms with E-state index in [0.29, 0.717) is 0 Å². The summed E-state index contributed by atoms with van der Waals surface area (Å²) in [6, 6.07) is 16.3. The van der Waals surface area contributed by atoms with E-state index in [4.69, 9.17) is 0 Å². The van der Waals surface area contributed by atoms with Gasteiger partial charge in [0.1, 0.15) is 0 Å². The van der Waals surface area contributed by atoms with Crippen molar-refractivity contribution >= 4 is 6.48 Å². The summed E-state index contributed by atoms with van der Waals surface area (Å²) >= 11 is -2.03. The maximum Gasteiger partial charge on any atom is -1.00 e. The summed E-state index contributed by atoms with van der Waals surface area (Å²) in [5.74, 6) is 0. The molecule has 3 aliphatic carbocycles. The summed E-state index contributed by atoms with van der Waals surface area (Å²) < 4.78 is 5.60. The van der Waals surface area contributed by atoms with Crippen LogP contribution in [0.25, 0.3) is 11.1 Å². The molecule has 3 heteroatoms. The average molecular weight is 531 g/mol. The van der Waals surface area contributed by atoms with E-state index in [1.165, 1.54) is 55.2 Å². The molecule has 0 radical (unpaired) electrons. The first-order valence-corrected chi connectivity index (χ1v) is 15.1. The maximum absolute atomic E-state index is 2.64. The SMILES string of the molecule is CC(C)(C)C1=CC[C]([Zr+2](=[C]2CCCCC2)[c]2cccc3c2Cc2ccccc2-3)=C1.[Cl-].[Cl-]. The van der Waals surface area contributed by atoms with E-state index in [0.717, 1.165) is 6.42 Å². The Morgan fingerprint density at radius 3 is 2.23 bits per heavy atom. The van der Waals surface area contributed by atoms with Crippen LogP contribution in [0.15, 0.2) is 63.5 Å². The van der Waals surface area contributed by atoms with E-state index in [2.05, 4.69) is 75.4 Å². The fourth-order valence-electron chi connectivity index (χ4n) is 5.43. The molecule has 0 heterocycles. The van der Waals surface area contributed by atoms with Gasteiger partial charge in [0.15, 0.2) is 0 Å². The Morgan fingerprint density at radius 1 is 0.806 bits per heavy atom. The smallest absolute Gasteiger partial charge is 1.00 e. The van der Waals surface area contributed by atoms with E-state index < -0.39 is 21.3 Å². The molecule has 31 heavy (non-hydrogen) atoms. The summed E-state index contributed by atoms with van der Waals surface area (Å²) in [4.78, 5) is 0. The van der Waals surface area contributed by atoms with Gasteiger partial charge in [-0.15, -0.1) is 0 Å². The molecule has 0 aliphatic heterocycles. The van der Waals surface area contributed by atoms with E-state index in [9.17, 15) is 0 Å². The van der Waals surface area contributed by atoms with Gasteiger partial charge in [-0.05, 0) is 0 Å². The second kappa shape index (κ2) is 10.0. The second-order valence-electron chi connectivity index (χ2n) is 9.99. The number of benzene rings is 2. The van der Waals surface area contributed by atoms with Gasteiger partial charge in [0, 0.05) is 0 Å². The van der Waals surface area contributed by atoms with Crippen LogP contribution in [-0.2, 0) is 27.7 Å². The molecule has 0 N–H and O–H groups in total. The zero-order valence-corrected chi connectivity index (χ0v) is 22.9. The molecule has 0 atom stereocenters. The van der Waals surface area contributed by atoms with Gasteiger partial charge in [0.05, 0.1) is 0 Å². The van der Waals surface area contributed by atoms with Crippen molar-refractivity contribution in [2.45, 2.75) is 65.7 Å². The van der Waals surface area contributed by atoms with Crippen molar-refractivity contribution in [1.82, 2.24) is 0 Å². The van der Waals surface area contributed by atoms with Crippen LogP contribution in [0.1, 0.15) is 70.4 Å². The van der Waals surface area contributed by atoms with E-state index >= 15 is 0 Å². The van der Waals surface area contributed by atoms with Crippen LogP contribution < -0.4 is 28.1 Å². The average Bonchev–Trinajstić information content (AvgIpc) is 3.35. The molecule has 0 amide bonds. The molecule has 1 fully saturated rings. The van der Waals surface area contributed by atoms with Crippen molar-refractivity contribution in [2.24, 2.45) is 5.41 Å². The zero-order valence-electron chi connectivity index (χ0n) is 18.9. The summed E-state index contributed by atoms with van der Waals surface area (Å²) in [7, 11) is 0. The quantitative estimate of drug-likeness (QED) is 0.462. The number of rotatable bonds is 2. The van der Waals surface area contributed by atoms with Gasteiger partial charge < -0.3 is 24.8 Å². The monoisotopic (exact) mass is 528 g/mol. The fourth-order valence-corrected chi connectivity index (χ4v) is 13.9. The van der Waals surface area contributed by atoms with Crippen LogP contribution in [0, 0.1) is 5.41 Å². The fraction of sp³-hybridized carbons (Fsp3) is 0.393. The van der Waals surface area contributed by atoms with Gasteiger partial charge in [-0.1, -0.05) is 0 Å². The van der Waals surface area contributed by atoms with Gasteiger partial charge in [-0.25, -0.2) is 0 Å². The van der Waals surface area contributed by atoms with Crippen molar-refractivity contribution in [3.05, 3.63) is 74.6 Å². The number of hydrogen-bond donors (Lipinski definition) is 0. The third-order valence-corrected chi connectivity index (χ3v) is 14.9. The van der Waals surface area contributed by atoms with Crippen LogP contribution in [0.2, 0.25) is 0 Å². The molecule has 3 aliphatic rings. The predicted octanol–water partition coefficient (Wildman–Crippen LogP) is 0.906. The molecular formula is C28H32Cl2Zr. The third-order valence-electron chi connectivity index (χ3n) is 6.99. The normalized spacial score (nSPS) is 16.8. The van der Waals surface area contributed by atoms with Crippen LogP contribution >= 0.6 is 0 Å². The van der Waals surface area contributed by atoms with Crippen LogP contribution in [0.3, 0.4) is 0 Å². The Kier molecular flexibility index (Phi) is 8.05. The predicted molar refractivity (Wildman–Crippen MR) is 123 cm³/mol. The number of allylic oxidation sites excluding steroid dienone is 4. The Balaban J connectivity index is 0.00000136. The van der Waals surface area contributed by atoms with Crippen molar-refractivity contribution in [2.75, 3.05) is 0 Å². The minimum atomic E-state index is -2.03. The van der Waals surface area contributed by atoms with Gasteiger partial charge >= 0.3 is 185 Å². The second-order valence-corrected chi connectivity index (χ2v) is 16.5. The van der Waals surface area contributed by atoms with Crippen molar-refractivity contribution < 1.29 is 46.1 Å². The molecule has 162 valence electrons. The van der Waals surface area contributed by atoms with E-state index in [-0.39, 0.29) is 30.2 Å². The molecule has 0 aromatic heterocycles. The molecule has 2 aromatic rings. The van der Waals surface area contributed by atoms with Crippen LogP contribution in [0.5, 0.6) is 0 Å². The first-order valence-electron chi connectivity index (χ1n) is 11.4. The third kappa shape index (κ3) is 4.80. The van der Waals surface area contributed by atoms with E-state index in [1.807, 2.05) is 6.49 Å². The van der Waals surface area contributed by atoms with Gasteiger partial charge in [0.2, 0.25) is 0 Å². The molecule has 0 nitrogen and oxygen atoms in total. The maximum atomic E-state index is 2.64. The first kappa shape index (κ1) is 24.9. The number of hydrogen-bond acceptors (Lipinski definition) is 0. The topological polar surface area (TPSA) is 0 Å². The summed E-state index contributed by atoms with van der Waals surface area (Å²) in [5.41, 5.74) is 8.04. The summed E-state index contributed by atoms with van der Waals surface area (Å²) in [6.45, 7) is 7.10. The van der Waals surface area contributed by atoms with Crippen molar-refractivity contribution in [3.63, 3.8) is 0 Å². The standard InChI is InChI=1S/C13H9.C9H13.C6H10.2ClH.Zr/c1-3-7-12-10(5-1)9-11-6-2-4-8-13(11)12;1-9(2,3)8-6-4-5-7-8;1-2-4-6-5-3-1;;;/h1-5,7-8H,9H2;6-7H,4H2,1-3H3;1-5H2;2*1H;/q;;;;;+2/p-2. The molecule has 2 aromatic carbocycles. The molecule has 0 unspecified atom stereocenters. The minimum absolute atomic E-state index is 0. The summed E-state index contributed by atoms with van der Waals surface area (Å²) in [6.07, 6.45) is 14.6. The zero-order chi connectivity index (χ0) is 20.0. The Bertz CT molecular complexity index is 1060. The molecular weight excluding hydrogens is 498 g/mol. The van der Waals surface area contributed by atoms with Crippen LogP contribution in [-0.4, -0.2) is 3.21 Å². The Morgan fingerprint density at radius 2 is 1.52 bits per heavy atom. The van der Waals surface area contributed by atoms with Gasteiger partial charge in [-0.2, -0.15) is 0 Å².